The second-order valence-electron chi connectivity index (χ2n) is 4.71. The summed E-state index contributed by atoms with van der Waals surface area (Å²) in [6.07, 6.45) is 0. The number of hydrogen-bond donors (Lipinski definition) is 2. The second kappa shape index (κ2) is 6.25. The lowest BCUT2D eigenvalue weighted by molar-refractivity contribution is -0.384. The molecule has 0 saturated carbocycles. The van der Waals surface area contributed by atoms with Crippen molar-refractivity contribution in [1.29, 1.82) is 0 Å². The summed E-state index contributed by atoms with van der Waals surface area (Å²) in [5.41, 5.74) is 3.23. The third-order valence-electron chi connectivity index (χ3n) is 3.16. The highest BCUT2D eigenvalue weighted by Gasteiger charge is 2.12. The maximum atomic E-state index is 11.0. The van der Waals surface area contributed by atoms with Gasteiger partial charge in [0.05, 0.1) is 10.6 Å². The Hall–Kier alpha value is -2.57. The van der Waals surface area contributed by atoms with E-state index in [9.17, 15) is 10.1 Å². The molecule has 1 aromatic carbocycles. The first-order chi connectivity index (χ1) is 10.0. The molecule has 1 aromatic heterocycles. The molecule has 0 atom stereocenters. The average Bonchev–Trinajstić information content (AvgIpc) is 2.76. The van der Waals surface area contributed by atoms with Crippen molar-refractivity contribution in [2.24, 2.45) is 0 Å². The van der Waals surface area contributed by atoms with Crippen molar-refractivity contribution in [3.8, 4) is 0 Å². The number of nitro groups is 1. The highest BCUT2D eigenvalue weighted by Crippen LogP contribution is 2.25. The molecule has 0 fully saturated rings. The van der Waals surface area contributed by atoms with Gasteiger partial charge in [0.15, 0.2) is 0 Å². The number of hydrogen-bond acceptors (Lipinski definition) is 6. The largest absolute Gasteiger partial charge is 0.385 e. The summed E-state index contributed by atoms with van der Waals surface area (Å²) in [7, 11) is 0. The van der Waals surface area contributed by atoms with Crippen LogP contribution in [0.5, 0.6) is 0 Å². The molecule has 0 aliphatic rings. The number of aromatic nitrogens is 1. The first kappa shape index (κ1) is 14.8. The molecule has 2 N–H and O–H groups in total. The maximum Gasteiger partial charge on any atom is 0.273 e. The number of aryl methyl sites for hydroxylation is 2. The smallest absolute Gasteiger partial charge is 0.273 e. The fourth-order valence-electron chi connectivity index (χ4n) is 2.07. The zero-order valence-corrected chi connectivity index (χ0v) is 12.3. The summed E-state index contributed by atoms with van der Waals surface area (Å²) in [6, 6.07) is 4.87. The maximum absolute atomic E-state index is 11.0. The Balaban J connectivity index is 2.20. The van der Waals surface area contributed by atoms with E-state index in [1.165, 1.54) is 12.1 Å². The lowest BCUT2D eigenvalue weighted by atomic mass is 10.2. The second-order valence-corrected chi connectivity index (χ2v) is 4.71. The van der Waals surface area contributed by atoms with Gasteiger partial charge in [0, 0.05) is 42.2 Å². The Kier molecular flexibility index (Phi) is 4.42. The van der Waals surface area contributed by atoms with Crippen LogP contribution in [-0.2, 0) is 6.54 Å². The van der Waals surface area contributed by atoms with E-state index in [-0.39, 0.29) is 5.69 Å². The standard InChI is InChI=1S/C14H18N4O3/c1-4-15-11-5-12(7-13(6-11)18(19)20)16-8-14-9(2)17-21-10(14)3/h5-7,15-16H,4,8H2,1-3H3. The van der Waals surface area contributed by atoms with Crippen LogP contribution in [0, 0.1) is 24.0 Å². The zero-order valence-electron chi connectivity index (χ0n) is 12.3. The molecule has 0 aliphatic carbocycles. The number of rotatable bonds is 6. The number of anilines is 2. The predicted octanol–water partition coefficient (Wildman–Crippen LogP) is 3.24. The van der Waals surface area contributed by atoms with Crippen LogP contribution in [0.25, 0.3) is 0 Å². The van der Waals surface area contributed by atoms with Crippen molar-refractivity contribution in [3.63, 3.8) is 0 Å². The topological polar surface area (TPSA) is 93.2 Å². The lowest BCUT2D eigenvalue weighted by Gasteiger charge is -2.09. The lowest BCUT2D eigenvalue weighted by Crippen LogP contribution is -2.04. The summed E-state index contributed by atoms with van der Waals surface area (Å²) in [5.74, 6) is 0.748. The van der Waals surface area contributed by atoms with Crippen LogP contribution in [-0.4, -0.2) is 16.6 Å². The van der Waals surface area contributed by atoms with E-state index in [0.717, 1.165) is 17.0 Å². The Morgan fingerprint density at radius 2 is 1.90 bits per heavy atom. The van der Waals surface area contributed by atoms with Crippen LogP contribution in [0.1, 0.15) is 23.9 Å². The van der Waals surface area contributed by atoms with Gasteiger partial charge in [-0.15, -0.1) is 0 Å². The highest BCUT2D eigenvalue weighted by molar-refractivity contribution is 5.63. The Labute approximate surface area is 122 Å². The van der Waals surface area contributed by atoms with E-state index in [0.29, 0.717) is 24.5 Å². The van der Waals surface area contributed by atoms with Crippen LogP contribution >= 0.6 is 0 Å². The first-order valence-electron chi connectivity index (χ1n) is 6.70. The van der Waals surface area contributed by atoms with Crippen molar-refractivity contribution in [1.82, 2.24) is 5.16 Å². The molecule has 2 rings (SSSR count). The van der Waals surface area contributed by atoms with Crippen LogP contribution < -0.4 is 10.6 Å². The molecule has 0 unspecified atom stereocenters. The fraction of sp³-hybridized carbons (Fsp3) is 0.357. The minimum Gasteiger partial charge on any atom is -0.385 e. The van der Waals surface area contributed by atoms with E-state index in [2.05, 4.69) is 15.8 Å². The van der Waals surface area contributed by atoms with Crippen molar-refractivity contribution >= 4 is 17.1 Å². The summed E-state index contributed by atoms with van der Waals surface area (Å²) < 4.78 is 5.10. The van der Waals surface area contributed by atoms with Gasteiger partial charge in [-0.2, -0.15) is 0 Å². The SMILES string of the molecule is CCNc1cc(NCc2c(C)noc2C)cc([N+](=O)[O-])c1. The van der Waals surface area contributed by atoms with Gasteiger partial charge in [-0.1, -0.05) is 5.16 Å². The van der Waals surface area contributed by atoms with E-state index >= 15 is 0 Å². The van der Waals surface area contributed by atoms with E-state index in [1.807, 2.05) is 26.8 Å². The van der Waals surface area contributed by atoms with Crippen LogP contribution in [0.3, 0.4) is 0 Å². The molecule has 0 amide bonds. The first-order valence-corrected chi connectivity index (χ1v) is 6.70. The van der Waals surface area contributed by atoms with Crippen molar-refractivity contribution in [2.75, 3.05) is 17.2 Å². The minimum absolute atomic E-state index is 0.0507. The highest BCUT2D eigenvalue weighted by atomic mass is 16.6. The van der Waals surface area contributed by atoms with Crippen molar-refractivity contribution < 1.29 is 9.45 Å². The van der Waals surface area contributed by atoms with Crippen LogP contribution in [0.15, 0.2) is 22.7 Å². The van der Waals surface area contributed by atoms with Crippen LogP contribution in [0.2, 0.25) is 0 Å². The van der Waals surface area contributed by atoms with Crippen LogP contribution in [0.4, 0.5) is 17.1 Å². The minimum atomic E-state index is -0.401. The van der Waals surface area contributed by atoms with Gasteiger partial charge in [0.1, 0.15) is 5.76 Å². The summed E-state index contributed by atoms with van der Waals surface area (Å²) in [5, 5.41) is 21.1. The molecular weight excluding hydrogens is 272 g/mol. The number of nitro benzene ring substituents is 1. The molecule has 21 heavy (non-hydrogen) atoms. The number of nitrogens with one attached hydrogen (secondary N) is 2. The molecular formula is C14H18N4O3. The molecule has 7 heteroatoms. The molecule has 0 aliphatic heterocycles. The Morgan fingerprint density at radius 1 is 1.24 bits per heavy atom. The predicted molar refractivity (Wildman–Crippen MR) is 80.6 cm³/mol. The van der Waals surface area contributed by atoms with Gasteiger partial charge in [-0.05, 0) is 26.8 Å². The molecule has 0 spiro atoms. The summed E-state index contributed by atoms with van der Waals surface area (Å²) in [6.45, 7) is 6.85. The average molecular weight is 290 g/mol. The molecule has 1 heterocycles. The summed E-state index contributed by atoms with van der Waals surface area (Å²) in [4.78, 5) is 10.6. The number of non-ortho nitro benzene ring substituents is 1. The van der Waals surface area contributed by atoms with E-state index in [4.69, 9.17) is 4.52 Å². The third kappa shape index (κ3) is 3.50. The van der Waals surface area contributed by atoms with E-state index in [1.54, 1.807) is 0 Å². The van der Waals surface area contributed by atoms with Crippen molar-refractivity contribution in [2.45, 2.75) is 27.3 Å². The monoisotopic (exact) mass is 290 g/mol. The molecule has 0 bridgehead atoms. The number of benzene rings is 1. The summed E-state index contributed by atoms with van der Waals surface area (Å²) >= 11 is 0. The molecule has 0 saturated heterocycles. The molecule has 2 aromatic rings. The zero-order chi connectivity index (χ0) is 15.4. The Morgan fingerprint density at radius 3 is 2.43 bits per heavy atom. The van der Waals surface area contributed by atoms with Gasteiger partial charge in [0.25, 0.3) is 5.69 Å². The molecule has 0 radical (unpaired) electrons. The van der Waals surface area contributed by atoms with Gasteiger partial charge in [-0.25, -0.2) is 0 Å². The normalized spacial score (nSPS) is 10.4. The quantitative estimate of drug-likeness (QED) is 0.626. The Bertz CT molecular complexity index is 632. The molecule has 112 valence electrons. The van der Waals surface area contributed by atoms with Crippen molar-refractivity contribution in [3.05, 3.63) is 45.3 Å². The van der Waals surface area contributed by atoms with Gasteiger partial charge >= 0.3 is 0 Å². The van der Waals surface area contributed by atoms with E-state index < -0.39 is 4.92 Å². The van der Waals surface area contributed by atoms with Gasteiger partial charge < -0.3 is 15.2 Å². The number of nitrogens with zero attached hydrogens (tertiary/aromatic N) is 2. The van der Waals surface area contributed by atoms with Gasteiger partial charge in [0.2, 0.25) is 0 Å². The third-order valence-corrected chi connectivity index (χ3v) is 3.16. The fourth-order valence-corrected chi connectivity index (χ4v) is 2.07. The molecule has 7 nitrogen and oxygen atoms in total. The van der Waals surface area contributed by atoms with Gasteiger partial charge in [-0.3, -0.25) is 10.1 Å².